The first-order valence-corrected chi connectivity index (χ1v) is 5.73. The highest BCUT2D eigenvalue weighted by Gasteiger charge is 2.08. The molecule has 2 rings (SSSR count). The molecule has 3 nitrogen and oxygen atoms in total. The summed E-state index contributed by atoms with van der Waals surface area (Å²) >= 11 is 1.34. The van der Waals surface area contributed by atoms with Crippen LogP contribution in [0.1, 0.15) is 16.8 Å². The van der Waals surface area contributed by atoms with Crippen molar-refractivity contribution in [3.8, 4) is 6.07 Å². The molecule has 0 aliphatic rings. The molecule has 0 saturated carbocycles. The summed E-state index contributed by atoms with van der Waals surface area (Å²) in [4.78, 5) is 0. The Balaban J connectivity index is 2.09. The van der Waals surface area contributed by atoms with Crippen molar-refractivity contribution in [2.75, 3.05) is 5.32 Å². The van der Waals surface area contributed by atoms with Gasteiger partial charge < -0.3 is 5.32 Å². The smallest absolute Gasteiger partial charge is 0.127 e. The van der Waals surface area contributed by atoms with Crippen LogP contribution in [0.2, 0.25) is 0 Å². The standard InChI is InChI=1S/C12H11N3S/c1-9-11(7-13)12(16-15-9)14-8-10-5-3-2-4-6-10/h2-6,14H,8H2,1H3. The van der Waals surface area contributed by atoms with Crippen LogP contribution in [0.3, 0.4) is 0 Å². The zero-order chi connectivity index (χ0) is 11.4. The van der Waals surface area contributed by atoms with E-state index in [9.17, 15) is 0 Å². The first-order chi connectivity index (χ1) is 7.81. The predicted molar refractivity (Wildman–Crippen MR) is 65.3 cm³/mol. The quantitative estimate of drug-likeness (QED) is 0.880. The van der Waals surface area contributed by atoms with Crippen molar-refractivity contribution in [1.29, 1.82) is 5.26 Å². The molecule has 0 amide bonds. The Bertz CT molecular complexity index is 511. The van der Waals surface area contributed by atoms with E-state index >= 15 is 0 Å². The van der Waals surface area contributed by atoms with E-state index < -0.39 is 0 Å². The van der Waals surface area contributed by atoms with Crippen molar-refractivity contribution in [3.63, 3.8) is 0 Å². The second-order valence-electron chi connectivity index (χ2n) is 3.42. The second kappa shape index (κ2) is 4.77. The Morgan fingerprint density at radius 1 is 1.38 bits per heavy atom. The summed E-state index contributed by atoms with van der Waals surface area (Å²) in [6, 6.07) is 12.3. The van der Waals surface area contributed by atoms with Crippen LogP contribution < -0.4 is 5.32 Å². The maximum absolute atomic E-state index is 8.96. The number of nitriles is 1. The van der Waals surface area contributed by atoms with E-state index in [1.165, 1.54) is 17.1 Å². The van der Waals surface area contributed by atoms with Crippen LogP contribution in [0.15, 0.2) is 30.3 Å². The lowest BCUT2D eigenvalue weighted by atomic mass is 10.2. The molecule has 0 fully saturated rings. The average molecular weight is 229 g/mol. The molecule has 0 saturated heterocycles. The van der Waals surface area contributed by atoms with Crippen molar-refractivity contribution in [3.05, 3.63) is 47.2 Å². The Kier molecular flexibility index (Phi) is 3.18. The van der Waals surface area contributed by atoms with E-state index in [2.05, 4.69) is 15.8 Å². The summed E-state index contributed by atoms with van der Waals surface area (Å²) in [7, 11) is 0. The number of anilines is 1. The Morgan fingerprint density at radius 3 is 2.81 bits per heavy atom. The van der Waals surface area contributed by atoms with Crippen LogP contribution in [-0.2, 0) is 6.54 Å². The molecular formula is C12H11N3S. The molecule has 1 N–H and O–H groups in total. The topological polar surface area (TPSA) is 48.7 Å². The highest BCUT2D eigenvalue weighted by molar-refractivity contribution is 7.10. The van der Waals surface area contributed by atoms with Gasteiger partial charge in [-0.3, -0.25) is 0 Å². The van der Waals surface area contributed by atoms with Crippen molar-refractivity contribution in [2.24, 2.45) is 0 Å². The number of hydrogen-bond acceptors (Lipinski definition) is 4. The summed E-state index contributed by atoms with van der Waals surface area (Å²) < 4.78 is 4.16. The van der Waals surface area contributed by atoms with Crippen LogP contribution in [0.4, 0.5) is 5.00 Å². The molecule has 0 spiro atoms. The average Bonchev–Trinajstić information content (AvgIpc) is 2.68. The second-order valence-corrected chi connectivity index (χ2v) is 4.20. The molecule has 0 atom stereocenters. The van der Waals surface area contributed by atoms with Gasteiger partial charge in [0.05, 0.1) is 5.69 Å². The third kappa shape index (κ3) is 2.20. The van der Waals surface area contributed by atoms with Gasteiger partial charge in [0.1, 0.15) is 16.6 Å². The Morgan fingerprint density at radius 2 is 2.12 bits per heavy atom. The largest absolute Gasteiger partial charge is 0.370 e. The van der Waals surface area contributed by atoms with E-state index in [0.29, 0.717) is 5.56 Å². The van der Waals surface area contributed by atoms with Crippen LogP contribution in [-0.4, -0.2) is 4.37 Å². The van der Waals surface area contributed by atoms with Gasteiger partial charge >= 0.3 is 0 Å². The lowest BCUT2D eigenvalue weighted by Crippen LogP contribution is -1.98. The van der Waals surface area contributed by atoms with Crippen LogP contribution >= 0.6 is 11.5 Å². The summed E-state index contributed by atoms with van der Waals surface area (Å²) in [6.45, 7) is 2.57. The van der Waals surface area contributed by atoms with Gasteiger partial charge in [0.15, 0.2) is 0 Å². The fraction of sp³-hybridized carbons (Fsp3) is 0.167. The summed E-state index contributed by atoms with van der Waals surface area (Å²) in [5.74, 6) is 0. The van der Waals surface area contributed by atoms with Crippen LogP contribution in [0.25, 0.3) is 0 Å². The molecule has 0 bridgehead atoms. The highest BCUT2D eigenvalue weighted by atomic mass is 32.1. The maximum atomic E-state index is 8.96. The first kappa shape index (κ1) is 10.7. The monoisotopic (exact) mass is 229 g/mol. The van der Waals surface area contributed by atoms with Crippen LogP contribution in [0.5, 0.6) is 0 Å². The number of aromatic nitrogens is 1. The van der Waals surface area contributed by atoms with Crippen molar-refractivity contribution < 1.29 is 0 Å². The normalized spacial score (nSPS) is 9.75. The number of hydrogen-bond donors (Lipinski definition) is 1. The maximum Gasteiger partial charge on any atom is 0.127 e. The number of nitrogens with zero attached hydrogens (tertiary/aromatic N) is 2. The third-order valence-electron chi connectivity index (χ3n) is 2.27. The SMILES string of the molecule is Cc1nsc(NCc2ccccc2)c1C#N. The third-order valence-corrected chi connectivity index (χ3v) is 3.17. The van der Waals surface area contributed by atoms with Crippen molar-refractivity contribution >= 4 is 16.5 Å². The van der Waals surface area contributed by atoms with E-state index in [4.69, 9.17) is 5.26 Å². The summed E-state index contributed by atoms with van der Waals surface area (Å²) in [6.07, 6.45) is 0. The lowest BCUT2D eigenvalue weighted by Gasteiger charge is -2.03. The fourth-order valence-electron chi connectivity index (χ4n) is 1.40. The Hall–Kier alpha value is -1.86. The van der Waals surface area contributed by atoms with E-state index in [1.807, 2.05) is 37.3 Å². The molecule has 1 heterocycles. The molecule has 0 aliphatic carbocycles. The molecule has 0 radical (unpaired) electrons. The highest BCUT2D eigenvalue weighted by Crippen LogP contribution is 2.23. The van der Waals surface area contributed by atoms with Gasteiger partial charge in [-0.25, -0.2) is 0 Å². The zero-order valence-corrected chi connectivity index (χ0v) is 9.71. The number of benzene rings is 1. The molecule has 80 valence electrons. The van der Waals surface area contributed by atoms with Gasteiger partial charge in [0.2, 0.25) is 0 Å². The molecule has 2 aromatic rings. The first-order valence-electron chi connectivity index (χ1n) is 4.95. The van der Waals surface area contributed by atoms with E-state index in [1.54, 1.807) is 0 Å². The predicted octanol–water partition coefficient (Wildman–Crippen LogP) is 2.94. The molecule has 0 aliphatic heterocycles. The molecule has 4 heteroatoms. The van der Waals surface area contributed by atoms with Gasteiger partial charge in [-0.2, -0.15) is 9.64 Å². The van der Waals surface area contributed by atoms with Crippen molar-refractivity contribution in [2.45, 2.75) is 13.5 Å². The van der Waals surface area contributed by atoms with Crippen molar-refractivity contribution in [1.82, 2.24) is 4.37 Å². The zero-order valence-electron chi connectivity index (χ0n) is 8.90. The minimum atomic E-state index is 0.654. The van der Waals surface area contributed by atoms with Gasteiger partial charge in [-0.1, -0.05) is 30.3 Å². The number of aryl methyl sites for hydroxylation is 1. The summed E-state index contributed by atoms with van der Waals surface area (Å²) in [5.41, 5.74) is 2.64. The molecule has 1 aromatic heterocycles. The van der Waals surface area contributed by atoms with Gasteiger partial charge in [-0.15, -0.1) is 0 Å². The number of rotatable bonds is 3. The molecular weight excluding hydrogens is 218 g/mol. The van der Waals surface area contributed by atoms with Gasteiger partial charge in [-0.05, 0) is 24.0 Å². The van der Waals surface area contributed by atoms with E-state index in [0.717, 1.165) is 17.2 Å². The minimum Gasteiger partial charge on any atom is -0.370 e. The molecule has 1 aromatic carbocycles. The molecule has 0 unspecified atom stereocenters. The Labute approximate surface area is 98.5 Å². The van der Waals surface area contributed by atoms with E-state index in [-0.39, 0.29) is 0 Å². The van der Waals surface area contributed by atoms with Crippen LogP contribution in [0, 0.1) is 18.3 Å². The lowest BCUT2D eigenvalue weighted by molar-refractivity contribution is 1.16. The number of nitrogens with one attached hydrogen (secondary N) is 1. The van der Waals surface area contributed by atoms with Gasteiger partial charge in [0.25, 0.3) is 0 Å². The van der Waals surface area contributed by atoms with Gasteiger partial charge in [0, 0.05) is 6.54 Å². The minimum absolute atomic E-state index is 0.654. The summed E-state index contributed by atoms with van der Waals surface area (Å²) in [5, 5.41) is 13.0. The fourth-order valence-corrected chi connectivity index (χ4v) is 2.14. The molecule has 16 heavy (non-hydrogen) atoms.